The number of nitrogens with zero attached hydrogens (tertiary/aromatic N) is 4. The molecule has 8 heteroatoms. The summed E-state index contributed by atoms with van der Waals surface area (Å²) in [6, 6.07) is 10.2. The third-order valence-electron chi connectivity index (χ3n) is 6.68. The van der Waals surface area contributed by atoms with Crippen LogP contribution in [0.3, 0.4) is 0 Å². The number of hydrogen-bond donors (Lipinski definition) is 0. The monoisotopic (exact) mass is 628 g/mol. The Kier molecular flexibility index (Phi) is 7.77. The van der Waals surface area contributed by atoms with E-state index in [2.05, 4.69) is 64.0 Å². The van der Waals surface area contributed by atoms with Crippen LogP contribution in [0, 0.1) is 0 Å². The van der Waals surface area contributed by atoms with Crippen LogP contribution in [0.25, 0.3) is 17.1 Å². The summed E-state index contributed by atoms with van der Waals surface area (Å²) < 4.78 is 4.70. The van der Waals surface area contributed by atoms with Crippen molar-refractivity contribution in [2.24, 2.45) is 0 Å². The average molecular weight is 630 g/mol. The molecule has 2 aliphatic heterocycles. The van der Waals surface area contributed by atoms with E-state index in [0.717, 1.165) is 55.4 Å². The van der Waals surface area contributed by atoms with Gasteiger partial charge in [0.1, 0.15) is 5.82 Å². The fraction of sp³-hybridized carbons (Fsp3) is 0.346. The third-order valence-corrected chi connectivity index (χ3v) is 7.64. The summed E-state index contributed by atoms with van der Waals surface area (Å²) in [5.41, 5.74) is 5.99. The Morgan fingerprint density at radius 2 is 1.68 bits per heavy atom. The number of rotatable bonds is 5. The molecule has 0 aliphatic carbocycles. The van der Waals surface area contributed by atoms with E-state index in [1.54, 1.807) is 0 Å². The Bertz CT molecular complexity index is 1290. The van der Waals surface area contributed by atoms with Crippen molar-refractivity contribution >= 4 is 63.3 Å². The zero-order valence-electron chi connectivity index (χ0n) is 19.6. The van der Waals surface area contributed by atoms with Gasteiger partial charge in [-0.2, -0.15) is 0 Å². The third kappa shape index (κ3) is 4.12. The summed E-state index contributed by atoms with van der Waals surface area (Å²) in [5, 5.41) is 1.97. The summed E-state index contributed by atoms with van der Waals surface area (Å²) >= 11 is 19.1. The lowest BCUT2D eigenvalue weighted by Crippen LogP contribution is -3.00. The zero-order valence-corrected chi connectivity index (χ0v) is 24.0. The first-order valence-electron chi connectivity index (χ1n) is 11.6. The first-order chi connectivity index (χ1) is 16.0. The Morgan fingerprint density at radius 1 is 0.941 bits per heavy atom. The van der Waals surface area contributed by atoms with Gasteiger partial charge in [0.05, 0.1) is 34.5 Å². The number of fused-ring (bicyclic) bond motifs is 4. The highest BCUT2D eigenvalue weighted by atomic mass is 127. The highest BCUT2D eigenvalue weighted by molar-refractivity contribution is 6.42. The second-order valence-electron chi connectivity index (χ2n) is 8.42. The molecule has 3 heterocycles. The molecule has 34 heavy (non-hydrogen) atoms. The highest BCUT2D eigenvalue weighted by Gasteiger charge is 2.35. The van der Waals surface area contributed by atoms with Crippen LogP contribution in [-0.4, -0.2) is 17.7 Å². The van der Waals surface area contributed by atoms with E-state index in [-0.39, 0.29) is 24.0 Å². The number of anilines is 2. The number of aromatic nitrogens is 2. The lowest BCUT2D eigenvalue weighted by molar-refractivity contribution is -0.670. The van der Waals surface area contributed by atoms with Gasteiger partial charge in [0.2, 0.25) is 0 Å². The van der Waals surface area contributed by atoms with Gasteiger partial charge in [0.15, 0.2) is 11.0 Å². The fourth-order valence-corrected chi connectivity index (χ4v) is 5.76. The predicted octanol–water partition coefficient (Wildman–Crippen LogP) is 4.30. The molecule has 0 unspecified atom stereocenters. The molecule has 0 saturated heterocycles. The Morgan fingerprint density at radius 3 is 2.35 bits per heavy atom. The van der Waals surface area contributed by atoms with Gasteiger partial charge in [-0.3, -0.25) is 0 Å². The van der Waals surface area contributed by atoms with E-state index >= 15 is 0 Å². The molecule has 0 atom stereocenters. The van der Waals surface area contributed by atoms with Crippen LogP contribution < -0.4 is 38.3 Å². The normalized spacial score (nSPS) is 15.4. The lowest BCUT2D eigenvalue weighted by atomic mass is 10.0. The molecule has 2 aliphatic rings. The van der Waals surface area contributed by atoms with Crippen LogP contribution in [0.15, 0.2) is 47.8 Å². The van der Waals surface area contributed by atoms with Gasteiger partial charge in [0, 0.05) is 30.3 Å². The maximum atomic E-state index is 6.39. The maximum Gasteiger partial charge on any atom is 0.282 e. The lowest BCUT2D eigenvalue weighted by Gasteiger charge is -2.31. The Hall–Kier alpha value is -1.41. The van der Waals surface area contributed by atoms with Crippen LogP contribution >= 0.6 is 34.8 Å². The second kappa shape index (κ2) is 10.3. The van der Waals surface area contributed by atoms with Gasteiger partial charge in [-0.05, 0) is 69.5 Å². The SMILES string of the molecule is CCN1C2=C(C=Cc3n(CC)c4cc(Cl)ccc4[n+]3CC)CCCN2c2cc(Cl)c(Cl)cc21.[I-]. The molecule has 0 bridgehead atoms. The van der Waals surface area contributed by atoms with Crippen molar-refractivity contribution in [1.29, 1.82) is 0 Å². The summed E-state index contributed by atoms with van der Waals surface area (Å²) in [5.74, 6) is 2.44. The van der Waals surface area contributed by atoms with E-state index in [4.69, 9.17) is 34.8 Å². The summed E-state index contributed by atoms with van der Waals surface area (Å²) in [7, 11) is 0. The smallest absolute Gasteiger partial charge is 0.282 e. The van der Waals surface area contributed by atoms with Gasteiger partial charge >= 0.3 is 0 Å². The quantitative estimate of drug-likeness (QED) is 0.309. The molecule has 0 radical (unpaired) electrons. The van der Waals surface area contributed by atoms with Crippen molar-refractivity contribution < 1.29 is 28.5 Å². The van der Waals surface area contributed by atoms with Crippen molar-refractivity contribution in [3.05, 3.63) is 68.7 Å². The molecule has 180 valence electrons. The van der Waals surface area contributed by atoms with Gasteiger partial charge in [0.25, 0.3) is 5.82 Å². The number of hydrogen-bond acceptors (Lipinski definition) is 2. The van der Waals surface area contributed by atoms with Crippen LogP contribution in [-0.2, 0) is 13.1 Å². The van der Waals surface area contributed by atoms with Crippen LogP contribution in [0.5, 0.6) is 0 Å². The van der Waals surface area contributed by atoms with Crippen molar-refractivity contribution in [2.75, 3.05) is 22.9 Å². The predicted molar refractivity (Wildman–Crippen MR) is 141 cm³/mol. The van der Waals surface area contributed by atoms with E-state index in [1.807, 2.05) is 18.2 Å². The molecule has 0 saturated carbocycles. The molecule has 0 spiro atoms. The molecule has 4 nitrogen and oxygen atoms in total. The first-order valence-corrected chi connectivity index (χ1v) is 12.8. The van der Waals surface area contributed by atoms with Crippen LogP contribution in [0.1, 0.15) is 39.4 Å². The molecule has 3 aromatic rings. The van der Waals surface area contributed by atoms with Crippen molar-refractivity contribution in [3.63, 3.8) is 0 Å². The van der Waals surface area contributed by atoms with Crippen molar-refractivity contribution in [2.45, 2.75) is 46.7 Å². The molecular formula is C26H28Cl3IN4. The van der Waals surface area contributed by atoms with Gasteiger partial charge < -0.3 is 33.8 Å². The molecule has 0 N–H and O–H groups in total. The molecule has 0 amide bonds. The van der Waals surface area contributed by atoms with Crippen molar-refractivity contribution in [3.8, 4) is 0 Å². The zero-order chi connectivity index (χ0) is 23.3. The molecule has 5 rings (SSSR count). The minimum atomic E-state index is 0. The van der Waals surface area contributed by atoms with Gasteiger partial charge in [-0.25, -0.2) is 9.13 Å². The number of benzene rings is 2. The summed E-state index contributed by atoms with van der Waals surface area (Å²) in [4.78, 5) is 4.76. The van der Waals surface area contributed by atoms with Gasteiger partial charge in [-0.1, -0.05) is 34.8 Å². The fourth-order valence-electron chi connectivity index (χ4n) is 5.28. The number of imidazole rings is 1. The maximum absolute atomic E-state index is 6.39. The van der Waals surface area contributed by atoms with E-state index < -0.39 is 0 Å². The van der Waals surface area contributed by atoms with E-state index in [0.29, 0.717) is 10.0 Å². The van der Waals surface area contributed by atoms with Crippen LogP contribution in [0.4, 0.5) is 11.4 Å². The Labute approximate surface area is 233 Å². The summed E-state index contributed by atoms with van der Waals surface area (Å²) in [6.07, 6.45) is 6.70. The number of allylic oxidation sites excluding steroid dienone is 2. The molecule has 2 aromatic carbocycles. The molecule has 1 aromatic heterocycles. The van der Waals surface area contributed by atoms with E-state index in [9.17, 15) is 0 Å². The number of aryl methyl sites for hydroxylation is 2. The topological polar surface area (TPSA) is 15.3 Å². The van der Waals surface area contributed by atoms with Crippen molar-refractivity contribution in [1.82, 2.24) is 4.57 Å². The highest BCUT2D eigenvalue weighted by Crippen LogP contribution is 2.48. The van der Waals surface area contributed by atoms with Gasteiger partial charge in [-0.15, -0.1) is 0 Å². The molecule has 0 fully saturated rings. The summed E-state index contributed by atoms with van der Waals surface area (Å²) in [6.45, 7) is 10.2. The largest absolute Gasteiger partial charge is 1.00 e. The van der Waals surface area contributed by atoms with Crippen LogP contribution in [0.2, 0.25) is 15.1 Å². The number of halogens is 4. The minimum Gasteiger partial charge on any atom is -1.00 e. The Balaban J connectivity index is 0.00000274. The first kappa shape index (κ1) is 25.7. The standard InChI is InChI=1S/C26H28Cl3N4.HI/c1-4-30-21-11-10-18(27)14-22(21)31(5-2)25(30)12-9-17-8-7-13-33-24-16-20(29)19(28)15-23(24)32(6-3)26(17)33;/h9-12,14-16H,4-8,13H2,1-3H3;1H/q+1;/p-1. The second-order valence-corrected chi connectivity index (χ2v) is 9.67. The van der Waals surface area contributed by atoms with E-state index in [1.165, 1.54) is 28.3 Å². The average Bonchev–Trinajstić information content (AvgIpc) is 3.28. The minimum absolute atomic E-state index is 0. The molecular weight excluding hydrogens is 602 g/mol.